The highest BCUT2D eigenvalue weighted by Gasteiger charge is 2.09. The van der Waals surface area contributed by atoms with Crippen molar-refractivity contribution in [3.05, 3.63) is 59.8 Å². The molecule has 0 spiro atoms. The molecule has 0 aliphatic carbocycles. The number of carbonyl (C=O) groups excluding carboxylic acids is 1. The molecule has 6 nitrogen and oxygen atoms in total. The molecule has 0 aliphatic rings. The van der Waals surface area contributed by atoms with Crippen LogP contribution in [0.2, 0.25) is 0 Å². The number of nitrogens with zero attached hydrogens (tertiary/aromatic N) is 1. The quantitative estimate of drug-likeness (QED) is 0.606. The number of hydrogen-bond donors (Lipinski definition) is 1. The Morgan fingerprint density at radius 2 is 1.89 bits per heavy atom. The van der Waals surface area contributed by atoms with Crippen LogP contribution in [-0.4, -0.2) is 37.8 Å². The standard InChI is InChI=1S/C22H24N2O4/c1-15-5-4-6-18(11-15)27-10-9-23-22(25)14-28-21-12-16(2)24-20-8-7-17(26-3)13-19(20)21/h4-8,11-13H,9-10,14H2,1-3H3,(H,23,25). The van der Waals surface area contributed by atoms with Crippen LogP contribution in [0.1, 0.15) is 11.3 Å². The zero-order valence-electron chi connectivity index (χ0n) is 16.3. The number of aromatic nitrogens is 1. The molecule has 0 bridgehead atoms. The van der Waals surface area contributed by atoms with E-state index in [1.165, 1.54) is 0 Å². The van der Waals surface area contributed by atoms with Crippen molar-refractivity contribution < 1.29 is 19.0 Å². The summed E-state index contributed by atoms with van der Waals surface area (Å²) in [7, 11) is 1.61. The van der Waals surface area contributed by atoms with Crippen molar-refractivity contribution >= 4 is 16.8 Å². The predicted octanol–water partition coefficient (Wildman–Crippen LogP) is 3.43. The van der Waals surface area contributed by atoms with Crippen molar-refractivity contribution in [2.24, 2.45) is 0 Å². The van der Waals surface area contributed by atoms with Gasteiger partial charge in [-0.2, -0.15) is 0 Å². The minimum Gasteiger partial charge on any atom is -0.497 e. The van der Waals surface area contributed by atoms with E-state index in [4.69, 9.17) is 14.2 Å². The molecule has 6 heteroatoms. The molecule has 0 fully saturated rings. The number of aryl methyl sites for hydroxylation is 2. The molecule has 1 heterocycles. The Labute approximate surface area is 164 Å². The average molecular weight is 380 g/mol. The van der Waals surface area contributed by atoms with E-state index in [0.29, 0.717) is 24.7 Å². The molecule has 0 aliphatic heterocycles. The van der Waals surface area contributed by atoms with E-state index in [1.807, 2.05) is 62.4 Å². The van der Waals surface area contributed by atoms with Gasteiger partial charge in [0.05, 0.1) is 19.2 Å². The van der Waals surface area contributed by atoms with Gasteiger partial charge < -0.3 is 19.5 Å². The lowest BCUT2D eigenvalue weighted by Gasteiger charge is -2.12. The first-order valence-electron chi connectivity index (χ1n) is 9.09. The lowest BCUT2D eigenvalue weighted by molar-refractivity contribution is -0.123. The van der Waals surface area contributed by atoms with Crippen LogP contribution in [-0.2, 0) is 4.79 Å². The second-order valence-electron chi connectivity index (χ2n) is 6.45. The number of pyridine rings is 1. The fourth-order valence-electron chi connectivity index (χ4n) is 2.80. The molecule has 0 atom stereocenters. The highest BCUT2D eigenvalue weighted by molar-refractivity contribution is 5.87. The Balaban J connectivity index is 1.53. The van der Waals surface area contributed by atoms with Crippen LogP contribution in [0.5, 0.6) is 17.2 Å². The molecule has 146 valence electrons. The predicted molar refractivity (Wildman–Crippen MR) is 108 cm³/mol. The third kappa shape index (κ3) is 5.13. The van der Waals surface area contributed by atoms with Gasteiger partial charge in [-0.25, -0.2) is 0 Å². The van der Waals surface area contributed by atoms with Crippen LogP contribution in [0.3, 0.4) is 0 Å². The van der Waals surface area contributed by atoms with E-state index in [2.05, 4.69) is 10.3 Å². The van der Waals surface area contributed by atoms with Gasteiger partial charge >= 0.3 is 0 Å². The fraction of sp³-hybridized carbons (Fsp3) is 0.273. The summed E-state index contributed by atoms with van der Waals surface area (Å²) in [4.78, 5) is 16.6. The first-order chi connectivity index (χ1) is 13.5. The Morgan fingerprint density at radius 1 is 1.04 bits per heavy atom. The number of nitrogens with one attached hydrogen (secondary N) is 1. The third-order valence-corrected chi connectivity index (χ3v) is 4.15. The largest absolute Gasteiger partial charge is 0.497 e. The number of methoxy groups -OCH3 is 1. The SMILES string of the molecule is COc1ccc2nc(C)cc(OCC(=O)NCCOc3cccc(C)c3)c2c1. The van der Waals surface area contributed by atoms with Gasteiger partial charge in [0.1, 0.15) is 23.9 Å². The van der Waals surface area contributed by atoms with E-state index in [0.717, 1.165) is 27.9 Å². The van der Waals surface area contributed by atoms with Gasteiger partial charge in [-0.3, -0.25) is 9.78 Å². The molecule has 1 amide bonds. The van der Waals surface area contributed by atoms with Crippen LogP contribution >= 0.6 is 0 Å². The number of rotatable bonds is 8. The molecule has 3 rings (SSSR count). The molecule has 0 saturated heterocycles. The van der Waals surface area contributed by atoms with Gasteiger partial charge in [0, 0.05) is 17.1 Å². The van der Waals surface area contributed by atoms with E-state index < -0.39 is 0 Å². The summed E-state index contributed by atoms with van der Waals surface area (Å²) in [5.74, 6) is 1.89. The highest BCUT2D eigenvalue weighted by Crippen LogP contribution is 2.28. The first kappa shape index (κ1) is 19.5. The van der Waals surface area contributed by atoms with Gasteiger partial charge in [-0.1, -0.05) is 12.1 Å². The third-order valence-electron chi connectivity index (χ3n) is 4.15. The highest BCUT2D eigenvalue weighted by atomic mass is 16.5. The summed E-state index contributed by atoms with van der Waals surface area (Å²) in [6.07, 6.45) is 0. The maximum atomic E-state index is 12.1. The van der Waals surface area contributed by atoms with Crippen molar-refractivity contribution in [2.45, 2.75) is 13.8 Å². The molecule has 28 heavy (non-hydrogen) atoms. The summed E-state index contributed by atoms with van der Waals surface area (Å²) in [5, 5.41) is 3.60. The van der Waals surface area contributed by atoms with Gasteiger partial charge in [0.15, 0.2) is 6.61 Å². The number of amides is 1. The summed E-state index contributed by atoms with van der Waals surface area (Å²) in [6.45, 7) is 4.61. The molecular formula is C22H24N2O4. The summed E-state index contributed by atoms with van der Waals surface area (Å²) < 4.78 is 16.6. The summed E-state index contributed by atoms with van der Waals surface area (Å²) in [5.41, 5.74) is 2.74. The maximum Gasteiger partial charge on any atom is 0.258 e. The molecule has 0 radical (unpaired) electrons. The Morgan fingerprint density at radius 3 is 2.68 bits per heavy atom. The van der Waals surface area contributed by atoms with Crippen molar-refractivity contribution in [3.63, 3.8) is 0 Å². The molecule has 0 saturated carbocycles. The first-order valence-corrected chi connectivity index (χ1v) is 9.09. The molecular weight excluding hydrogens is 356 g/mol. The average Bonchev–Trinajstić information content (AvgIpc) is 2.69. The number of fused-ring (bicyclic) bond motifs is 1. The smallest absolute Gasteiger partial charge is 0.258 e. The van der Waals surface area contributed by atoms with Crippen molar-refractivity contribution in [3.8, 4) is 17.2 Å². The van der Waals surface area contributed by atoms with Crippen molar-refractivity contribution in [2.75, 3.05) is 26.9 Å². The van der Waals surface area contributed by atoms with Crippen LogP contribution in [0, 0.1) is 13.8 Å². The topological polar surface area (TPSA) is 69.7 Å². The van der Waals surface area contributed by atoms with E-state index in [1.54, 1.807) is 7.11 Å². The van der Waals surface area contributed by atoms with Crippen LogP contribution in [0.25, 0.3) is 10.9 Å². The Bertz CT molecular complexity index is 972. The second kappa shape index (κ2) is 9.08. The van der Waals surface area contributed by atoms with Gasteiger partial charge in [-0.05, 0) is 49.7 Å². The zero-order chi connectivity index (χ0) is 19.9. The molecule has 1 N–H and O–H groups in total. The van der Waals surface area contributed by atoms with Gasteiger partial charge in [0.25, 0.3) is 5.91 Å². The van der Waals surface area contributed by atoms with Crippen molar-refractivity contribution in [1.29, 1.82) is 0 Å². The minimum atomic E-state index is -0.210. The normalized spacial score (nSPS) is 10.5. The lowest BCUT2D eigenvalue weighted by Crippen LogP contribution is -2.32. The second-order valence-corrected chi connectivity index (χ2v) is 6.45. The van der Waals surface area contributed by atoms with Gasteiger partial charge in [0.2, 0.25) is 0 Å². The summed E-state index contributed by atoms with van der Waals surface area (Å²) >= 11 is 0. The Kier molecular flexibility index (Phi) is 6.32. The van der Waals surface area contributed by atoms with Crippen LogP contribution in [0.4, 0.5) is 0 Å². The zero-order valence-corrected chi connectivity index (χ0v) is 16.3. The number of carbonyl (C=O) groups is 1. The van der Waals surface area contributed by atoms with E-state index >= 15 is 0 Å². The lowest BCUT2D eigenvalue weighted by atomic mass is 10.1. The summed E-state index contributed by atoms with van der Waals surface area (Å²) in [6, 6.07) is 15.2. The molecule has 3 aromatic rings. The number of hydrogen-bond acceptors (Lipinski definition) is 5. The van der Waals surface area contributed by atoms with Crippen LogP contribution < -0.4 is 19.5 Å². The van der Waals surface area contributed by atoms with E-state index in [-0.39, 0.29) is 12.5 Å². The molecule has 0 unspecified atom stereocenters. The van der Waals surface area contributed by atoms with Crippen molar-refractivity contribution in [1.82, 2.24) is 10.3 Å². The van der Waals surface area contributed by atoms with Gasteiger partial charge in [-0.15, -0.1) is 0 Å². The number of benzene rings is 2. The maximum absolute atomic E-state index is 12.1. The Hall–Kier alpha value is -3.28. The molecule has 2 aromatic carbocycles. The molecule has 1 aromatic heterocycles. The minimum absolute atomic E-state index is 0.0831. The van der Waals surface area contributed by atoms with Crippen LogP contribution in [0.15, 0.2) is 48.5 Å². The number of ether oxygens (including phenoxy) is 3. The fourth-order valence-corrected chi connectivity index (χ4v) is 2.80. The monoisotopic (exact) mass is 380 g/mol. The van der Waals surface area contributed by atoms with E-state index in [9.17, 15) is 4.79 Å².